The van der Waals surface area contributed by atoms with Gasteiger partial charge in [0.15, 0.2) is 0 Å². The second kappa shape index (κ2) is 14.1. The number of hydrogen-bond acceptors (Lipinski definition) is 6. The number of halogens is 2. The number of rotatable bonds is 11. The Kier molecular flexibility index (Phi) is 10.5. The first kappa shape index (κ1) is 31.4. The van der Waals surface area contributed by atoms with Crippen molar-refractivity contribution in [2.75, 3.05) is 39.0 Å². The quantitative estimate of drug-likeness (QED) is 0.275. The standard InChI is InChI=1S/C33H42F2N6O/c1-6-23(2)17-38-31(32(42)39-28-9-10-29(37-20-28)22-40(4)5)30-16-26(8-7-24(30)3)27-15-25(18-36-19-27)21-41-13-11-33(34,35)12-14-41/h7-10,15-16,18-20,23H,6,11-14,17,21-22H2,1-5H3,(H,39,42). The van der Waals surface area contributed by atoms with E-state index in [1.54, 1.807) is 18.6 Å². The van der Waals surface area contributed by atoms with Gasteiger partial charge in [0.05, 0.1) is 17.6 Å². The maximum Gasteiger partial charge on any atom is 0.274 e. The molecule has 3 heterocycles. The van der Waals surface area contributed by atoms with Crippen LogP contribution in [0.15, 0.2) is 60.0 Å². The van der Waals surface area contributed by atoms with E-state index in [0.29, 0.717) is 50.0 Å². The van der Waals surface area contributed by atoms with Crippen molar-refractivity contribution in [3.63, 3.8) is 0 Å². The lowest BCUT2D eigenvalue weighted by Gasteiger charge is -2.31. The van der Waals surface area contributed by atoms with Crippen molar-refractivity contribution in [1.29, 1.82) is 0 Å². The zero-order valence-corrected chi connectivity index (χ0v) is 25.3. The van der Waals surface area contributed by atoms with Crippen LogP contribution in [0.2, 0.25) is 0 Å². The highest BCUT2D eigenvalue weighted by molar-refractivity contribution is 6.49. The molecule has 1 aliphatic rings. The summed E-state index contributed by atoms with van der Waals surface area (Å²) in [6.07, 6.45) is 5.99. The first-order valence-electron chi connectivity index (χ1n) is 14.6. The lowest BCUT2D eigenvalue weighted by molar-refractivity contribution is -0.110. The van der Waals surface area contributed by atoms with Gasteiger partial charge in [-0.05, 0) is 67.9 Å². The molecule has 1 N–H and O–H groups in total. The zero-order chi connectivity index (χ0) is 30.3. The van der Waals surface area contributed by atoms with Crippen molar-refractivity contribution >= 4 is 17.3 Å². The van der Waals surface area contributed by atoms with Crippen LogP contribution in [0.3, 0.4) is 0 Å². The molecule has 1 atom stereocenters. The van der Waals surface area contributed by atoms with Gasteiger partial charge in [-0.25, -0.2) is 8.78 Å². The number of anilines is 1. The van der Waals surface area contributed by atoms with Gasteiger partial charge in [-0.1, -0.05) is 32.4 Å². The number of likely N-dealkylation sites (tertiary alicyclic amines) is 1. The monoisotopic (exact) mass is 576 g/mol. The first-order valence-corrected chi connectivity index (χ1v) is 14.6. The minimum atomic E-state index is -2.57. The minimum absolute atomic E-state index is 0.113. The summed E-state index contributed by atoms with van der Waals surface area (Å²) in [5.41, 5.74) is 6.39. The smallest absolute Gasteiger partial charge is 0.274 e. The average Bonchev–Trinajstić information content (AvgIpc) is 2.96. The Morgan fingerprint density at radius 2 is 1.86 bits per heavy atom. The largest absolute Gasteiger partial charge is 0.319 e. The number of alkyl halides is 2. The molecule has 0 radical (unpaired) electrons. The van der Waals surface area contributed by atoms with Crippen LogP contribution in [-0.2, 0) is 17.9 Å². The fourth-order valence-electron chi connectivity index (χ4n) is 4.85. The highest BCUT2D eigenvalue weighted by atomic mass is 19.3. The van der Waals surface area contributed by atoms with Crippen LogP contribution in [0, 0.1) is 12.8 Å². The molecule has 1 saturated heterocycles. The highest BCUT2D eigenvalue weighted by Crippen LogP contribution is 2.29. The Hall–Kier alpha value is -3.56. The van der Waals surface area contributed by atoms with Crippen molar-refractivity contribution in [2.24, 2.45) is 10.9 Å². The van der Waals surface area contributed by atoms with Crippen molar-refractivity contribution in [1.82, 2.24) is 19.8 Å². The second-order valence-electron chi connectivity index (χ2n) is 11.7. The number of piperidine rings is 1. The molecule has 1 unspecified atom stereocenters. The molecule has 1 fully saturated rings. The Bertz CT molecular complexity index is 1380. The topological polar surface area (TPSA) is 73.7 Å². The molecule has 4 rings (SSSR count). The number of nitrogens with zero attached hydrogens (tertiary/aromatic N) is 5. The van der Waals surface area contributed by atoms with Gasteiger partial charge in [0, 0.05) is 69.1 Å². The van der Waals surface area contributed by atoms with Crippen LogP contribution in [0.25, 0.3) is 11.1 Å². The fourth-order valence-corrected chi connectivity index (χ4v) is 4.85. The summed E-state index contributed by atoms with van der Waals surface area (Å²) in [4.78, 5) is 31.5. The minimum Gasteiger partial charge on any atom is -0.319 e. The van der Waals surface area contributed by atoms with Gasteiger partial charge in [0.2, 0.25) is 0 Å². The predicted molar refractivity (Wildman–Crippen MR) is 165 cm³/mol. The van der Waals surface area contributed by atoms with Gasteiger partial charge in [-0.3, -0.25) is 24.7 Å². The summed E-state index contributed by atoms with van der Waals surface area (Å²) in [6.45, 7) is 8.76. The second-order valence-corrected chi connectivity index (χ2v) is 11.7. The molecule has 1 aliphatic heterocycles. The van der Waals surface area contributed by atoms with Gasteiger partial charge in [0.25, 0.3) is 11.8 Å². The number of carbonyl (C=O) groups excluding carboxylic acids is 1. The molecule has 0 saturated carbocycles. The van der Waals surface area contributed by atoms with Crippen molar-refractivity contribution < 1.29 is 13.6 Å². The average molecular weight is 577 g/mol. The third-order valence-electron chi connectivity index (χ3n) is 7.65. The van der Waals surface area contributed by atoms with E-state index in [1.165, 1.54) is 0 Å². The Morgan fingerprint density at radius 1 is 1.10 bits per heavy atom. The SMILES string of the molecule is CCC(C)CN=C(C(=O)Nc1ccc(CN(C)C)nc1)c1cc(-c2cncc(CN3CCC(F)(F)CC3)c2)ccc1C. The first-order chi connectivity index (χ1) is 20.0. The van der Waals surface area contributed by atoms with Crippen LogP contribution in [0.4, 0.5) is 14.5 Å². The van der Waals surface area contributed by atoms with E-state index in [0.717, 1.165) is 39.9 Å². The van der Waals surface area contributed by atoms with Crippen LogP contribution in [-0.4, -0.2) is 71.0 Å². The summed E-state index contributed by atoms with van der Waals surface area (Å²) >= 11 is 0. The molecule has 3 aromatic rings. The third kappa shape index (κ3) is 8.72. The molecule has 0 aliphatic carbocycles. The number of benzene rings is 1. The highest BCUT2D eigenvalue weighted by Gasteiger charge is 2.33. The van der Waals surface area contributed by atoms with Gasteiger partial charge < -0.3 is 10.2 Å². The van der Waals surface area contributed by atoms with Crippen LogP contribution in [0.5, 0.6) is 0 Å². The third-order valence-corrected chi connectivity index (χ3v) is 7.65. The lowest BCUT2D eigenvalue weighted by Crippen LogP contribution is -2.38. The zero-order valence-electron chi connectivity index (χ0n) is 25.3. The van der Waals surface area contributed by atoms with Crippen molar-refractivity contribution in [2.45, 2.75) is 59.0 Å². The summed E-state index contributed by atoms with van der Waals surface area (Å²) < 4.78 is 27.2. The van der Waals surface area contributed by atoms with E-state index in [9.17, 15) is 13.6 Å². The van der Waals surface area contributed by atoms with Gasteiger partial charge in [-0.2, -0.15) is 0 Å². The van der Waals surface area contributed by atoms with Gasteiger partial charge in [0.1, 0.15) is 5.71 Å². The molecule has 1 aromatic carbocycles. The number of aromatic nitrogens is 2. The number of nitrogens with one attached hydrogen (secondary N) is 1. The maximum absolute atomic E-state index is 13.6. The van der Waals surface area contributed by atoms with Crippen molar-refractivity contribution in [3.05, 3.63) is 77.4 Å². The fraction of sp³-hybridized carbons (Fsp3) is 0.455. The summed E-state index contributed by atoms with van der Waals surface area (Å²) in [5, 5.41) is 2.99. The van der Waals surface area contributed by atoms with E-state index < -0.39 is 5.92 Å². The van der Waals surface area contributed by atoms with Gasteiger partial charge in [-0.15, -0.1) is 0 Å². The normalized spacial score (nSPS) is 16.4. The summed E-state index contributed by atoms with van der Waals surface area (Å²) in [7, 11) is 3.97. The molecule has 9 heteroatoms. The summed E-state index contributed by atoms with van der Waals surface area (Å²) in [5.74, 6) is -2.52. The van der Waals surface area contributed by atoms with E-state index in [-0.39, 0.29) is 18.7 Å². The number of hydrogen-bond donors (Lipinski definition) is 1. The molecule has 7 nitrogen and oxygen atoms in total. The lowest BCUT2D eigenvalue weighted by atomic mass is 9.96. The number of amides is 1. The van der Waals surface area contributed by atoms with Crippen LogP contribution in [0.1, 0.15) is 55.5 Å². The molecule has 0 spiro atoms. The van der Waals surface area contributed by atoms with E-state index in [4.69, 9.17) is 4.99 Å². The van der Waals surface area contributed by atoms with Crippen LogP contribution >= 0.6 is 0 Å². The molecule has 0 bridgehead atoms. The maximum atomic E-state index is 13.6. The van der Waals surface area contributed by atoms with Gasteiger partial charge >= 0.3 is 0 Å². The predicted octanol–water partition coefficient (Wildman–Crippen LogP) is 6.22. The number of pyridine rings is 2. The molecule has 224 valence electrons. The molecular formula is C33H42F2N6O. The van der Waals surface area contributed by atoms with E-state index >= 15 is 0 Å². The van der Waals surface area contributed by atoms with E-state index in [2.05, 4.69) is 29.1 Å². The van der Waals surface area contributed by atoms with Crippen molar-refractivity contribution in [3.8, 4) is 11.1 Å². The molecule has 2 aromatic heterocycles. The summed E-state index contributed by atoms with van der Waals surface area (Å²) in [6, 6.07) is 11.8. The number of aryl methyl sites for hydroxylation is 1. The number of carbonyl (C=O) groups is 1. The Morgan fingerprint density at radius 3 is 2.52 bits per heavy atom. The Balaban J connectivity index is 1.58. The molecule has 42 heavy (non-hydrogen) atoms. The Labute approximate surface area is 248 Å². The molecular weight excluding hydrogens is 534 g/mol. The number of aliphatic imine (C=N–C) groups is 1. The molecule has 1 amide bonds. The van der Waals surface area contributed by atoms with E-state index in [1.807, 2.05) is 67.2 Å². The van der Waals surface area contributed by atoms with Crippen LogP contribution < -0.4 is 5.32 Å².